The standard InChI is InChI=1S/2C7H13N2/c1-4-7-5-8(2)6-9(7)3;1-4-7-8(2)5-6-9(7)3/h2*5-6H,4H2,1-3H3/q2*+1. The molecule has 0 amide bonds. The number of hydrogen-bond acceptors (Lipinski definition) is 0. The van der Waals surface area contributed by atoms with E-state index in [0.717, 1.165) is 12.8 Å². The van der Waals surface area contributed by atoms with Crippen molar-refractivity contribution in [2.24, 2.45) is 28.2 Å². The fourth-order valence-corrected chi connectivity index (χ4v) is 2.17. The molecular weight excluding hydrogens is 224 g/mol. The van der Waals surface area contributed by atoms with Gasteiger partial charge >= 0.3 is 0 Å². The van der Waals surface area contributed by atoms with E-state index in [2.05, 4.69) is 78.2 Å². The molecule has 4 heteroatoms. The van der Waals surface area contributed by atoms with Crippen molar-refractivity contribution in [3.8, 4) is 0 Å². The lowest BCUT2D eigenvalue weighted by atomic mass is 10.4. The van der Waals surface area contributed by atoms with Crippen LogP contribution in [0.25, 0.3) is 0 Å². The zero-order valence-electron chi connectivity index (χ0n) is 12.5. The smallest absolute Gasteiger partial charge is 0.239 e. The van der Waals surface area contributed by atoms with Gasteiger partial charge in [-0.05, 0) is 0 Å². The summed E-state index contributed by atoms with van der Waals surface area (Å²) in [6.45, 7) is 4.32. The van der Waals surface area contributed by atoms with E-state index in [1.165, 1.54) is 11.5 Å². The first-order chi connectivity index (χ1) is 8.49. The van der Waals surface area contributed by atoms with Crippen molar-refractivity contribution in [1.82, 2.24) is 9.13 Å². The highest BCUT2D eigenvalue weighted by molar-refractivity contribution is 4.91. The topological polar surface area (TPSA) is 17.6 Å². The van der Waals surface area contributed by atoms with Gasteiger partial charge in [-0.2, -0.15) is 0 Å². The van der Waals surface area contributed by atoms with Crippen LogP contribution in [-0.4, -0.2) is 9.13 Å². The van der Waals surface area contributed by atoms with Gasteiger partial charge < -0.3 is 0 Å². The molecule has 0 aliphatic rings. The number of aromatic nitrogens is 4. The molecule has 0 bridgehead atoms. The molecule has 0 saturated carbocycles. The summed E-state index contributed by atoms with van der Waals surface area (Å²) < 4.78 is 8.48. The average Bonchev–Trinajstić information content (AvgIpc) is 2.82. The summed E-state index contributed by atoms with van der Waals surface area (Å²) >= 11 is 0. The van der Waals surface area contributed by atoms with E-state index >= 15 is 0 Å². The molecule has 0 aromatic carbocycles. The molecule has 4 nitrogen and oxygen atoms in total. The summed E-state index contributed by atoms with van der Waals surface area (Å²) in [7, 11) is 8.25. The summed E-state index contributed by atoms with van der Waals surface area (Å²) in [5.41, 5.74) is 1.37. The molecule has 0 spiro atoms. The van der Waals surface area contributed by atoms with Gasteiger partial charge in [-0.1, -0.05) is 13.8 Å². The van der Waals surface area contributed by atoms with E-state index in [4.69, 9.17) is 0 Å². The zero-order chi connectivity index (χ0) is 13.7. The van der Waals surface area contributed by atoms with E-state index in [1.54, 1.807) is 0 Å². The summed E-state index contributed by atoms with van der Waals surface area (Å²) in [6, 6.07) is 0. The third kappa shape index (κ3) is 3.45. The van der Waals surface area contributed by atoms with E-state index in [-0.39, 0.29) is 0 Å². The van der Waals surface area contributed by atoms with Crippen LogP contribution in [0, 0.1) is 0 Å². The van der Waals surface area contributed by atoms with Crippen LogP contribution in [0.1, 0.15) is 25.4 Å². The van der Waals surface area contributed by atoms with Crippen LogP contribution in [-0.2, 0) is 41.0 Å². The van der Waals surface area contributed by atoms with Gasteiger partial charge in [0.15, 0.2) is 0 Å². The molecule has 0 fully saturated rings. The first-order valence-corrected chi connectivity index (χ1v) is 6.49. The molecule has 2 rings (SSSR count). The van der Waals surface area contributed by atoms with Crippen LogP contribution in [0.15, 0.2) is 24.9 Å². The van der Waals surface area contributed by atoms with Gasteiger partial charge in [0, 0.05) is 12.8 Å². The van der Waals surface area contributed by atoms with Crippen molar-refractivity contribution in [3.63, 3.8) is 0 Å². The van der Waals surface area contributed by atoms with Crippen molar-refractivity contribution >= 4 is 0 Å². The van der Waals surface area contributed by atoms with Gasteiger partial charge in [0.25, 0.3) is 5.82 Å². The van der Waals surface area contributed by atoms with E-state index < -0.39 is 0 Å². The van der Waals surface area contributed by atoms with Gasteiger partial charge in [-0.25, -0.2) is 18.3 Å². The quantitative estimate of drug-likeness (QED) is 0.703. The van der Waals surface area contributed by atoms with E-state index in [0.29, 0.717) is 0 Å². The molecule has 0 saturated heterocycles. The van der Waals surface area contributed by atoms with Gasteiger partial charge in [0.05, 0.1) is 28.2 Å². The fourth-order valence-electron chi connectivity index (χ4n) is 2.17. The Bertz CT molecular complexity index is 474. The van der Waals surface area contributed by atoms with Gasteiger partial charge in [0.1, 0.15) is 24.3 Å². The van der Waals surface area contributed by atoms with E-state index in [1.807, 2.05) is 7.05 Å². The predicted molar refractivity (Wildman–Crippen MR) is 71.9 cm³/mol. The SMILES string of the molecule is CCc1c[n+](C)cn1C.CCc1n(C)cc[n+]1C. The lowest BCUT2D eigenvalue weighted by Gasteiger charge is -1.90. The zero-order valence-corrected chi connectivity index (χ0v) is 12.5. The van der Waals surface area contributed by atoms with Crippen LogP contribution < -0.4 is 9.13 Å². The summed E-state index contributed by atoms with van der Waals surface area (Å²) in [6.07, 6.45) is 10.5. The Morgan fingerprint density at radius 3 is 1.94 bits per heavy atom. The Balaban J connectivity index is 0.000000180. The maximum atomic E-state index is 2.16. The highest BCUT2D eigenvalue weighted by Crippen LogP contribution is 1.93. The molecule has 0 aliphatic heterocycles. The minimum absolute atomic E-state index is 1.10. The maximum absolute atomic E-state index is 2.16. The molecule has 0 radical (unpaired) electrons. The van der Waals surface area contributed by atoms with Gasteiger partial charge in [-0.3, -0.25) is 0 Å². The first kappa shape index (κ1) is 14.5. The van der Waals surface area contributed by atoms with Crippen LogP contribution in [0.4, 0.5) is 0 Å². The van der Waals surface area contributed by atoms with Gasteiger partial charge in [0.2, 0.25) is 6.33 Å². The summed E-state index contributed by atoms with van der Waals surface area (Å²) in [5, 5.41) is 0. The predicted octanol–water partition coefficient (Wildman–Crippen LogP) is 0.824. The molecule has 2 heterocycles. The molecule has 0 unspecified atom stereocenters. The minimum atomic E-state index is 1.10. The van der Waals surface area contributed by atoms with Crippen LogP contribution >= 0.6 is 0 Å². The molecule has 0 atom stereocenters. The van der Waals surface area contributed by atoms with Crippen molar-refractivity contribution in [2.45, 2.75) is 26.7 Å². The normalized spacial score (nSPS) is 10.1. The lowest BCUT2D eigenvalue weighted by molar-refractivity contribution is -0.678. The molecule has 18 heavy (non-hydrogen) atoms. The Hall–Kier alpha value is -1.58. The second-order valence-electron chi connectivity index (χ2n) is 4.66. The summed E-state index contributed by atoms with van der Waals surface area (Å²) in [5.74, 6) is 1.36. The number of rotatable bonds is 2. The molecule has 2 aromatic rings. The van der Waals surface area contributed by atoms with Crippen molar-refractivity contribution < 1.29 is 9.13 Å². The third-order valence-corrected chi connectivity index (χ3v) is 3.17. The van der Waals surface area contributed by atoms with Crippen molar-refractivity contribution in [1.29, 1.82) is 0 Å². The highest BCUT2D eigenvalue weighted by Gasteiger charge is 2.05. The molecular formula is C14H26N4+2. The Morgan fingerprint density at radius 1 is 1.06 bits per heavy atom. The minimum Gasteiger partial charge on any atom is -0.239 e. The number of imidazole rings is 2. The second kappa shape index (κ2) is 6.38. The average molecular weight is 250 g/mol. The summed E-state index contributed by atoms with van der Waals surface area (Å²) in [4.78, 5) is 0. The fraction of sp³-hybridized carbons (Fsp3) is 0.571. The molecule has 2 aromatic heterocycles. The Morgan fingerprint density at radius 2 is 1.72 bits per heavy atom. The van der Waals surface area contributed by atoms with Crippen molar-refractivity contribution in [3.05, 3.63) is 36.4 Å². The van der Waals surface area contributed by atoms with E-state index in [9.17, 15) is 0 Å². The monoisotopic (exact) mass is 250 g/mol. The Kier molecular flexibility index (Phi) is 5.13. The molecule has 0 N–H and O–H groups in total. The lowest BCUT2D eigenvalue weighted by Crippen LogP contribution is -2.31. The first-order valence-electron chi connectivity index (χ1n) is 6.49. The largest absolute Gasteiger partial charge is 0.255 e. The number of hydrogen-bond donors (Lipinski definition) is 0. The molecule has 100 valence electrons. The van der Waals surface area contributed by atoms with Crippen LogP contribution in [0.2, 0.25) is 0 Å². The molecule has 0 aliphatic carbocycles. The van der Waals surface area contributed by atoms with Gasteiger partial charge in [-0.15, -0.1) is 0 Å². The van der Waals surface area contributed by atoms with Crippen molar-refractivity contribution in [2.75, 3.05) is 0 Å². The van der Waals surface area contributed by atoms with Crippen LogP contribution in [0.5, 0.6) is 0 Å². The van der Waals surface area contributed by atoms with Crippen LogP contribution in [0.3, 0.4) is 0 Å². The third-order valence-electron chi connectivity index (χ3n) is 3.17. The number of nitrogens with zero attached hydrogens (tertiary/aromatic N) is 4. The Labute approximate surface area is 110 Å². The maximum Gasteiger partial charge on any atom is 0.255 e. The number of aryl methyl sites for hydroxylation is 5. The highest BCUT2D eigenvalue weighted by atomic mass is 15.1. The second-order valence-corrected chi connectivity index (χ2v) is 4.66.